The van der Waals surface area contributed by atoms with Crippen LogP contribution in [0.2, 0.25) is 0 Å². The highest BCUT2D eigenvalue weighted by Gasteiger charge is 2.31. The molecule has 84 valence electrons. The van der Waals surface area contributed by atoms with Gasteiger partial charge in [-0.3, -0.25) is 0 Å². The standard InChI is InChI=1S/C14H16O2/c1-15-13-9-5-4-8-12(13)14(16-2)10-6-3-7-11-14/h3-10H,11H2,1-2H3. The molecule has 1 aliphatic carbocycles. The van der Waals surface area contributed by atoms with Crippen LogP contribution >= 0.6 is 0 Å². The van der Waals surface area contributed by atoms with E-state index in [4.69, 9.17) is 9.47 Å². The lowest BCUT2D eigenvalue weighted by Crippen LogP contribution is -2.27. The Labute approximate surface area is 96.2 Å². The van der Waals surface area contributed by atoms with Crippen LogP contribution in [-0.4, -0.2) is 14.2 Å². The summed E-state index contributed by atoms with van der Waals surface area (Å²) >= 11 is 0. The van der Waals surface area contributed by atoms with E-state index in [0.29, 0.717) is 0 Å². The van der Waals surface area contributed by atoms with Gasteiger partial charge in [-0.05, 0) is 12.1 Å². The van der Waals surface area contributed by atoms with E-state index in [2.05, 4.69) is 12.2 Å². The number of rotatable bonds is 3. The van der Waals surface area contributed by atoms with Gasteiger partial charge in [0.1, 0.15) is 11.4 Å². The molecule has 0 radical (unpaired) electrons. The highest BCUT2D eigenvalue weighted by Crippen LogP contribution is 2.38. The molecule has 2 heteroatoms. The third-order valence-electron chi connectivity index (χ3n) is 2.96. The van der Waals surface area contributed by atoms with Gasteiger partial charge in [-0.25, -0.2) is 0 Å². The number of methoxy groups -OCH3 is 2. The van der Waals surface area contributed by atoms with Crippen LogP contribution in [0.5, 0.6) is 5.75 Å². The second-order valence-electron chi connectivity index (χ2n) is 3.79. The third kappa shape index (κ3) is 1.76. The molecule has 2 rings (SSSR count). The first-order valence-electron chi connectivity index (χ1n) is 5.35. The minimum atomic E-state index is -0.388. The molecule has 0 saturated heterocycles. The number of benzene rings is 1. The Kier molecular flexibility index (Phi) is 3.11. The second kappa shape index (κ2) is 4.54. The zero-order valence-corrected chi connectivity index (χ0v) is 9.64. The monoisotopic (exact) mass is 216 g/mol. The largest absolute Gasteiger partial charge is 0.496 e. The van der Waals surface area contributed by atoms with E-state index in [1.54, 1.807) is 14.2 Å². The van der Waals surface area contributed by atoms with Crippen molar-refractivity contribution in [3.8, 4) is 5.75 Å². The molecule has 0 bridgehead atoms. The van der Waals surface area contributed by atoms with Gasteiger partial charge in [0, 0.05) is 19.1 Å². The topological polar surface area (TPSA) is 18.5 Å². The highest BCUT2D eigenvalue weighted by molar-refractivity contribution is 5.43. The Hall–Kier alpha value is -1.54. The van der Waals surface area contributed by atoms with Crippen LogP contribution in [-0.2, 0) is 10.3 Å². The van der Waals surface area contributed by atoms with Gasteiger partial charge in [0.2, 0.25) is 0 Å². The fourth-order valence-corrected chi connectivity index (χ4v) is 2.06. The molecule has 2 nitrogen and oxygen atoms in total. The summed E-state index contributed by atoms with van der Waals surface area (Å²) in [6, 6.07) is 7.98. The van der Waals surface area contributed by atoms with Crippen molar-refractivity contribution < 1.29 is 9.47 Å². The van der Waals surface area contributed by atoms with Gasteiger partial charge in [0.05, 0.1) is 7.11 Å². The lowest BCUT2D eigenvalue weighted by molar-refractivity contribution is 0.0287. The molecule has 0 heterocycles. The number of hydrogen-bond acceptors (Lipinski definition) is 2. The number of hydrogen-bond donors (Lipinski definition) is 0. The summed E-state index contributed by atoms with van der Waals surface area (Å²) in [5, 5.41) is 0. The van der Waals surface area contributed by atoms with Gasteiger partial charge in [-0.1, -0.05) is 36.4 Å². The summed E-state index contributed by atoms with van der Waals surface area (Å²) < 4.78 is 11.1. The molecule has 0 N–H and O–H groups in total. The van der Waals surface area contributed by atoms with Crippen LogP contribution in [0.4, 0.5) is 0 Å². The molecule has 0 aliphatic heterocycles. The molecule has 0 fully saturated rings. The lowest BCUT2D eigenvalue weighted by atomic mass is 9.86. The maximum atomic E-state index is 5.69. The van der Waals surface area contributed by atoms with Gasteiger partial charge in [0.25, 0.3) is 0 Å². The van der Waals surface area contributed by atoms with E-state index < -0.39 is 0 Å². The van der Waals surface area contributed by atoms with Gasteiger partial charge < -0.3 is 9.47 Å². The number of allylic oxidation sites excluding steroid dienone is 2. The van der Waals surface area contributed by atoms with Crippen molar-refractivity contribution in [3.05, 3.63) is 54.1 Å². The summed E-state index contributed by atoms with van der Waals surface area (Å²) in [5.74, 6) is 0.865. The average molecular weight is 216 g/mol. The minimum Gasteiger partial charge on any atom is -0.496 e. The van der Waals surface area contributed by atoms with Gasteiger partial charge in [-0.2, -0.15) is 0 Å². The summed E-state index contributed by atoms with van der Waals surface area (Å²) in [6.07, 6.45) is 9.06. The average Bonchev–Trinajstić information content (AvgIpc) is 2.39. The van der Waals surface area contributed by atoms with Crippen LogP contribution in [0.3, 0.4) is 0 Å². The van der Waals surface area contributed by atoms with Crippen molar-refractivity contribution >= 4 is 0 Å². The molecule has 1 aliphatic rings. The van der Waals surface area contributed by atoms with Crippen LogP contribution in [0.25, 0.3) is 0 Å². The smallest absolute Gasteiger partial charge is 0.125 e. The predicted octanol–water partition coefficient (Wildman–Crippen LogP) is 3.05. The molecule has 16 heavy (non-hydrogen) atoms. The Bertz CT molecular complexity index is 420. The molecule has 0 amide bonds. The zero-order valence-electron chi connectivity index (χ0n) is 9.64. The highest BCUT2D eigenvalue weighted by atomic mass is 16.5. The number of para-hydroxylation sites is 1. The van der Waals surface area contributed by atoms with E-state index in [9.17, 15) is 0 Å². The summed E-state index contributed by atoms with van der Waals surface area (Å²) in [7, 11) is 3.42. The van der Waals surface area contributed by atoms with Crippen molar-refractivity contribution in [3.63, 3.8) is 0 Å². The van der Waals surface area contributed by atoms with Gasteiger partial charge >= 0.3 is 0 Å². The van der Waals surface area contributed by atoms with Crippen molar-refractivity contribution in [1.82, 2.24) is 0 Å². The quantitative estimate of drug-likeness (QED) is 0.773. The van der Waals surface area contributed by atoms with E-state index in [1.807, 2.05) is 36.4 Å². The number of ether oxygens (including phenoxy) is 2. The van der Waals surface area contributed by atoms with E-state index in [1.165, 1.54) is 0 Å². The maximum Gasteiger partial charge on any atom is 0.125 e. The molecule has 1 atom stereocenters. The van der Waals surface area contributed by atoms with Crippen LogP contribution in [0, 0.1) is 0 Å². The molecule has 0 aromatic heterocycles. The first-order chi connectivity index (χ1) is 7.82. The van der Waals surface area contributed by atoms with Crippen molar-refractivity contribution in [1.29, 1.82) is 0 Å². The SMILES string of the molecule is COc1ccccc1C1(OC)C=CC=CC1. The Morgan fingerprint density at radius 1 is 1.12 bits per heavy atom. The lowest BCUT2D eigenvalue weighted by Gasteiger charge is -2.31. The zero-order chi connectivity index (χ0) is 11.4. The molecule has 1 aromatic rings. The van der Waals surface area contributed by atoms with Crippen LogP contribution in [0.1, 0.15) is 12.0 Å². The summed E-state index contributed by atoms with van der Waals surface area (Å²) in [4.78, 5) is 0. The van der Waals surface area contributed by atoms with Gasteiger partial charge in [0.15, 0.2) is 0 Å². The molecule has 0 saturated carbocycles. The Morgan fingerprint density at radius 2 is 1.94 bits per heavy atom. The summed E-state index contributed by atoms with van der Waals surface area (Å²) in [5.41, 5.74) is 0.682. The minimum absolute atomic E-state index is 0.388. The third-order valence-corrected chi connectivity index (χ3v) is 2.96. The molecular weight excluding hydrogens is 200 g/mol. The normalized spacial score (nSPS) is 23.4. The van der Waals surface area contributed by atoms with Gasteiger partial charge in [-0.15, -0.1) is 0 Å². The van der Waals surface area contributed by atoms with E-state index >= 15 is 0 Å². The fourth-order valence-electron chi connectivity index (χ4n) is 2.06. The summed E-state index contributed by atoms with van der Waals surface area (Å²) in [6.45, 7) is 0. The second-order valence-corrected chi connectivity index (χ2v) is 3.79. The van der Waals surface area contributed by atoms with Crippen molar-refractivity contribution in [2.45, 2.75) is 12.0 Å². The van der Waals surface area contributed by atoms with Crippen molar-refractivity contribution in [2.75, 3.05) is 14.2 Å². The molecule has 1 aromatic carbocycles. The Morgan fingerprint density at radius 3 is 2.56 bits per heavy atom. The predicted molar refractivity (Wildman–Crippen MR) is 64.6 cm³/mol. The molecular formula is C14H16O2. The van der Waals surface area contributed by atoms with E-state index in [0.717, 1.165) is 17.7 Å². The first kappa shape index (κ1) is 11.0. The van der Waals surface area contributed by atoms with Crippen LogP contribution < -0.4 is 4.74 Å². The van der Waals surface area contributed by atoms with E-state index in [-0.39, 0.29) is 5.60 Å². The Balaban J connectivity index is 2.48. The first-order valence-corrected chi connectivity index (χ1v) is 5.35. The fraction of sp³-hybridized carbons (Fsp3) is 0.286. The van der Waals surface area contributed by atoms with Crippen LogP contribution in [0.15, 0.2) is 48.6 Å². The molecule has 1 unspecified atom stereocenters. The maximum absolute atomic E-state index is 5.69. The molecule has 0 spiro atoms. The van der Waals surface area contributed by atoms with Crippen molar-refractivity contribution in [2.24, 2.45) is 0 Å².